The first-order valence-electron chi connectivity index (χ1n) is 4.97. The van der Waals surface area contributed by atoms with Crippen LogP contribution in [0.25, 0.3) is 16.4 Å². The minimum atomic E-state index is 0. The summed E-state index contributed by atoms with van der Waals surface area (Å²) in [6.45, 7) is 0. The monoisotopic (exact) mass is 265 g/mol. The van der Waals surface area contributed by atoms with Gasteiger partial charge in [-0.15, -0.1) is 0 Å². The Hall–Kier alpha value is -1.51. The van der Waals surface area contributed by atoms with Crippen LogP contribution in [0.3, 0.4) is 0 Å². The third-order valence-corrected chi connectivity index (χ3v) is 2.91. The molecule has 0 atom stereocenters. The molecule has 1 N–H and O–H groups in total. The van der Waals surface area contributed by atoms with Crippen LogP contribution in [-0.2, 0) is 0 Å². The predicted molar refractivity (Wildman–Crippen MR) is 63.8 cm³/mol. The van der Waals surface area contributed by atoms with Gasteiger partial charge in [-0.2, -0.15) is 4.40 Å². The molecule has 4 heteroatoms. The van der Waals surface area contributed by atoms with Gasteiger partial charge in [0, 0.05) is 23.2 Å². The van der Waals surface area contributed by atoms with Crippen molar-refractivity contribution in [2.24, 2.45) is 0 Å². The molecule has 0 aliphatic rings. The van der Waals surface area contributed by atoms with Crippen molar-refractivity contribution < 1.29 is 21.9 Å². The number of aromatic nitrogens is 1. The van der Waals surface area contributed by atoms with Crippen LogP contribution in [0.2, 0.25) is 5.02 Å². The fourth-order valence-electron chi connectivity index (χ4n) is 1.93. The van der Waals surface area contributed by atoms with Gasteiger partial charge in [-0.25, -0.2) is 0 Å². The molecule has 17 heavy (non-hydrogen) atoms. The van der Waals surface area contributed by atoms with E-state index in [1.54, 1.807) is 12.1 Å². The third-order valence-electron chi connectivity index (χ3n) is 2.67. The highest BCUT2D eigenvalue weighted by Crippen LogP contribution is 2.25. The summed E-state index contributed by atoms with van der Waals surface area (Å²) in [5.41, 5.74) is 1.85. The highest BCUT2D eigenvalue weighted by atomic mass is 35.5. The Morgan fingerprint density at radius 2 is 1.88 bits per heavy atom. The van der Waals surface area contributed by atoms with E-state index in [1.807, 2.05) is 40.9 Å². The van der Waals surface area contributed by atoms with Crippen LogP contribution in [0.15, 0.2) is 48.7 Å². The second-order valence-electron chi connectivity index (χ2n) is 3.69. The van der Waals surface area contributed by atoms with E-state index in [4.69, 9.17) is 11.6 Å². The second kappa shape index (κ2) is 4.40. The smallest absolute Gasteiger partial charge is 0.223 e. The lowest BCUT2D eigenvalue weighted by Gasteiger charge is -2.00. The molecule has 86 valence electrons. The molecule has 3 rings (SSSR count). The SMILES string of the molecule is Oc1cc2cccc[n+]2c2cc(Cl)ccc12.[Cl-]. The van der Waals surface area contributed by atoms with Crippen LogP contribution >= 0.6 is 11.6 Å². The first kappa shape index (κ1) is 12.0. The van der Waals surface area contributed by atoms with Gasteiger partial charge in [-0.05, 0) is 18.2 Å². The fourth-order valence-corrected chi connectivity index (χ4v) is 2.10. The van der Waals surface area contributed by atoms with Gasteiger partial charge < -0.3 is 17.5 Å². The zero-order chi connectivity index (χ0) is 11.1. The molecule has 0 amide bonds. The lowest BCUT2D eigenvalue weighted by atomic mass is 10.2. The van der Waals surface area contributed by atoms with E-state index in [9.17, 15) is 5.11 Å². The van der Waals surface area contributed by atoms with Gasteiger partial charge in [0.2, 0.25) is 11.0 Å². The largest absolute Gasteiger partial charge is 1.00 e. The number of halogens is 2. The van der Waals surface area contributed by atoms with Crippen LogP contribution in [0.1, 0.15) is 0 Å². The van der Waals surface area contributed by atoms with Gasteiger partial charge in [0.05, 0.1) is 11.5 Å². The number of nitrogens with zero attached hydrogens (tertiary/aromatic N) is 1. The molecular formula is C13H9Cl2NO. The maximum atomic E-state index is 9.90. The number of hydrogen-bond acceptors (Lipinski definition) is 1. The average Bonchev–Trinajstić information content (AvgIpc) is 2.29. The zero-order valence-corrected chi connectivity index (χ0v) is 10.3. The summed E-state index contributed by atoms with van der Waals surface area (Å²) in [7, 11) is 0. The van der Waals surface area contributed by atoms with Crippen LogP contribution in [0.4, 0.5) is 0 Å². The highest BCUT2D eigenvalue weighted by Gasteiger charge is 2.12. The molecule has 3 aromatic rings. The summed E-state index contributed by atoms with van der Waals surface area (Å²) in [6.07, 6.45) is 1.95. The highest BCUT2D eigenvalue weighted by molar-refractivity contribution is 6.31. The number of aromatic hydroxyl groups is 1. The Morgan fingerprint density at radius 1 is 1.06 bits per heavy atom. The van der Waals surface area contributed by atoms with E-state index in [0.717, 1.165) is 16.4 Å². The molecule has 0 saturated heterocycles. The minimum Gasteiger partial charge on any atom is -1.00 e. The average molecular weight is 266 g/mol. The molecule has 0 saturated carbocycles. The van der Waals surface area contributed by atoms with Gasteiger partial charge in [-0.3, -0.25) is 0 Å². The maximum absolute atomic E-state index is 9.90. The lowest BCUT2D eigenvalue weighted by molar-refractivity contribution is -0.481. The van der Waals surface area contributed by atoms with Crippen molar-refractivity contribution in [3.63, 3.8) is 0 Å². The van der Waals surface area contributed by atoms with Gasteiger partial charge in [0.25, 0.3) is 0 Å². The molecule has 2 heterocycles. The molecule has 2 nitrogen and oxygen atoms in total. The van der Waals surface area contributed by atoms with E-state index >= 15 is 0 Å². The first-order chi connectivity index (χ1) is 7.75. The second-order valence-corrected chi connectivity index (χ2v) is 4.12. The first-order valence-corrected chi connectivity index (χ1v) is 5.35. The van der Waals surface area contributed by atoms with Crippen molar-refractivity contribution in [3.05, 3.63) is 53.7 Å². The van der Waals surface area contributed by atoms with E-state index < -0.39 is 0 Å². The Bertz CT molecular complexity index is 697. The maximum Gasteiger partial charge on any atom is 0.223 e. The molecule has 0 unspecified atom stereocenters. The van der Waals surface area contributed by atoms with Crippen LogP contribution in [0, 0.1) is 0 Å². The summed E-state index contributed by atoms with van der Waals surface area (Å²) in [5.74, 6) is 0.276. The van der Waals surface area contributed by atoms with E-state index in [2.05, 4.69) is 0 Å². The Morgan fingerprint density at radius 3 is 2.71 bits per heavy atom. The Kier molecular flexibility index (Phi) is 3.09. The molecule has 0 fully saturated rings. The summed E-state index contributed by atoms with van der Waals surface area (Å²) in [4.78, 5) is 0. The van der Waals surface area contributed by atoms with Gasteiger partial charge in [0.15, 0.2) is 6.20 Å². The standard InChI is InChI=1S/C13H8ClNO.ClH/c14-9-4-5-11-12(7-9)15-6-2-1-3-10(15)8-13(11)16;/h1-8H;1H. The van der Waals surface area contributed by atoms with Crippen LogP contribution < -0.4 is 16.8 Å². The Labute approximate surface area is 109 Å². The van der Waals surface area contributed by atoms with Crippen molar-refractivity contribution >= 4 is 28.0 Å². The zero-order valence-electron chi connectivity index (χ0n) is 8.77. The molecule has 0 aliphatic heterocycles. The minimum absolute atomic E-state index is 0. The van der Waals surface area contributed by atoms with E-state index in [-0.39, 0.29) is 18.2 Å². The molecule has 0 spiro atoms. The number of pyridine rings is 2. The van der Waals surface area contributed by atoms with E-state index in [1.165, 1.54) is 0 Å². The number of hydrogen-bond donors (Lipinski definition) is 1. The number of rotatable bonds is 0. The molecule has 1 aromatic carbocycles. The van der Waals surface area contributed by atoms with Crippen molar-refractivity contribution in [1.82, 2.24) is 0 Å². The molecular weight excluding hydrogens is 257 g/mol. The molecule has 0 bridgehead atoms. The molecule has 0 aliphatic carbocycles. The quantitative estimate of drug-likeness (QED) is 0.447. The molecule has 0 radical (unpaired) electrons. The summed E-state index contributed by atoms with van der Waals surface area (Å²) in [6, 6.07) is 13.0. The normalized spacial score (nSPS) is 10.4. The van der Waals surface area contributed by atoms with Gasteiger partial charge in [-0.1, -0.05) is 11.6 Å². The number of fused-ring (bicyclic) bond motifs is 3. The van der Waals surface area contributed by atoms with Gasteiger partial charge >= 0.3 is 0 Å². The predicted octanol–water partition coefficient (Wildman–Crippen LogP) is -0.0585. The number of benzene rings is 1. The van der Waals surface area contributed by atoms with Crippen LogP contribution in [-0.4, -0.2) is 5.11 Å². The van der Waals surface area contributed by atoms with E-state index in [0.29, 0.717) is 5.02 Å². The summed E-state index contributed by atoms with van der Waals surface area (Å²) in [5, 5.41) is 11.4. The third kappa shape index (κ3) is 1.90. The summed E-state index contributed by atoms with van der Waals surface area (Å²) >= 11 is 5.98. The Balaban J connectivity index is 0.00000108. The topological polar surface area (TPSA) is 24.3 Å². The van der Waals surface area contributed by atoms with Crippen LogP contribution in [0.5, 0.6) is 5.75 Å². The summed E-state index contributed by atoms with van der Waals surface area (Å²) < 4.78 is 2.00. The van der Waals surface area contributed by atoms with Crippen molar-refractivity contribution in [2.45, 2.75) is 0 Å². The molecule has 2 aromatic heterocycles. The van der Waals surface area contributed by atoms with Gasteiger partial charge in [0.1, 0.15) is 5.75 Å². The van der Waals surface area contributed by atoms with Crippen molar-refractivity contribution in [2.75, 3.05) is 0 Å². The fraction of sp³-hybridized carbons (Fsp3) is 0. The van der Waals surface area contributed by atoms with Crippen molar-refractivity contribution in [1.29, 1.82) is 0 Å². The van der Waals surface area contributed by atoms with Crippen molar-refractivity contribution in [3.8, 4) is 5.75 Å². The lowest BCUT2D eigenvalue weighted by Crippen LogP contribution is -3.00.